The first-order valence-electron chi connectivity index (χ1n) is 8.63. The van der Waals surface area contributed by atoms with Crippen LogP contribution in [0.2, 0.25) is 0 Å². The largest absolute Gasteiger partial charge is 0.497 e. The van der Waals surface area contributed by atoms with Crippen LogP contribution in [0.15, 0.2) is 54.6 Å². The second kappa shape index (κ2) is 7.63. The minimum atomic E-state index is 0.00912. The number of ketones is 1. The van der Waals surface area contributed by atoms with Crippen molar-refractivity contribution in [3.05, 3.63) is 65.7 Å². The van der Waals surface area contributed by atoms with Crippen molar-refractivity contribution in [1.82, 2.24) is 5.32 Å². The molecule has 3 nitrogen and oxygen atoms in total. The van der Waals surface area contributed by atoms with Crippen LogP contribution in [-0.2, 0) is 17.8 Å². The molecule has 2 aromatic rings. The Kier molecular flexibility index (Phi) is 5.31. The average Bonchev–Trinajstić information content (AvgIpc) is 2.64. The van der Waals surface area contributed by atoms with E-state index in [0.717, 1.165) is 31.6 Å². The van der Waals surface area contributed by atoms with Crippen LogP contribution in [0, 0.1) is 0 Å². The summed E-state index contributed by atoms with van der Waals surface area (Å²) in [5, 5.41) is 3.76. The smallest absolute Gasteiger partial charge is 0.133 e. The van der Waals surface area contributed by atoms with E-state index in [0.29, 0.717) is 18.6 Å². The number of nitrogens with one attached hydrogen (secondary N) is 1. The van der Waals surface area contributed by atoms with Gasteiger partial charge < -0.3 is 10.1 Å². The molecule has 1 aliphatic carbocycles. The highest BCUT2D eigenvalue weighted by atomic mass is 16.5. The van der Waals surface area contributed by atoms with Crippen LogP contribution in [0.4, 0.5) is 0 Å². The van der Waals surface area contributed by atoms with Gasteiger partial charge in [-0.25, -0.2) is 0 Å². The van der Waals surface area contributed by atoms with Gasteiger partial charge in [-0.3, -0.25) is 4.79 Å². The minimum absolute atomic E-state index is 0.00912. The van der Waals surface area contributed by atoms with Crippen LogP contribution in [0.1, 0.15) is 36.8 Å². The highest BCUT2D eigenvalue weighted by molar-refractivity contribution is 5.79. The van der Waals surface area contributed by atoms with Crippen molar-refractivity contribution in [2.75, 3.05) is 7.11 Å². The zero-order valence-electron chi connectivity index (χ0n) is 14.3. The summed E-state index contributed by atoms with van der Waals surface area (Å²) in [6, 6.07) is 18.7. The highest BCUT2D eigenvalue weighted by Crippen LogP contribution is 2.30. The van der Waals surface area contributed by atoms with Gasteiger partial charge in [0, 0.05) is 24.9 Å². The van der Waals surface area contributed by atoms with Crippen LogP contribution in [0.25, 0.3) is 0 Å². The van der Waals surface area contributed by atoms with Crippen molar-refractivity contribution < 1.29 is 9.53 Å². The molecule has 1 aliphatic rings. The molecule has 1 fully saturated rings. The van der Waals surface area contributed by atoms with E-state index >= 15 is 0 Å². The quantitative estimate of drug-likeness (QED) is 0.876. The van der Waals surface area contributed by atoms with E-state index in [2.05, 4.69) is 41.7 Å². The number of hydrogen-bond acceptors (Lipinski definition) is 3. The van der Waals surface area contributed by atoms with E-state index in [1.165, 1.54) is 11.1 Å². The molecule has 1 saturated carbocycles. The average molecular weight is 323 g/mol. The van der Waals surface area contributed by atoms with Crippen LogP contribution in [-0.4, -0.2) is 18.4 Å². The lowest BCUT2D eigenvalue weighted by Gasteiger charge is -2.38. The maximum Gasteiger partial charge on any atom is 0.133 e. The molecule has 0 spiro atoms. The zero-order chi connectivity index (χ0) is 16.8. The monoisotopic (exact) mass is 323 g/mol. The molecule has 0 unspecified atom stereocenters. The summed E-state index contributed by atoms with van der Waals surface area (Å²) in [5.74, 6) is 1.27. The molecule has 3 rings (SSSR count). The van der Waals surface area contributed by atoms with Crippen LogP contribution >= 0.6 is 0 Å². The SMILES string of the molecule is COc1ccc(CNC2(Cc3ccccc3)CCC(=O)CC2)cc1. The van der Waals surface area contributed by atoms with Crippen molar-refractivity contribution in [2.24, 2.45) is 0 Å². The van der Waals surface area contributed by atoms with Gasteiger partial charge in [0.05, 0.1) is 7.11 Å². The number of hydrogen-bond donors (Lipinski definition) is 1. The molecular formula is C21H25NO2. The Morgan fingerprint density at radius 1 is 0.958 bits per heavy atom. The number of rotatable bonds is 6. The van der Waals surface area contributed by atoms with Gasteiger partial charge >= 0.3 is 0 Å². The second-order valence-electron chi connectivity index (χ2n) is 6.68. The number of Topliss-reactive ketones (excluding diaryl/α,β-unsaturated/α-hetero) is 1. The minimum Gasteiger partial charge on any atom is -0.497 e. The summed E-state index contributed by atoms with van der Waals surface area (Å²) in [5.41, 5.74) is 2.57. The predicted octanol–water partition coefficient (Wildman–Crippen LogP) is 3.91. The third kappa shape index (κ3) is 4.24. The second-order valence-corrected chi connectivity index (χ2v) is 6.68. The normalized spacial score (nSPS) is 16.8. The summed E-state index contributed by atoms with van der Waals surface area (Å²) in [6.45, 7) is 0.811. The fourth-order valence-corrected chi connectivity index (χ4v) is 3.44. The first kappa shape index (κ1) is 16.7. The Balaban J connectivity index is 1.70. The van der Waals surface area contributed by atoms with Gasteiger partial charge in [-0.05, 0) is 42.5 Å². The van der Waals surface area contributed by atoms with E-state index < -0.39 is 0 Å². The predicted molar refractivity (Wildman–Crippen MR) is 96.2 cm³/mol. The van der Waals surface area contributed by atoms with Gasteiger partial charge in [-0.2, -0.15) is 0 Å². The fourth-order valence-electron chi connectivity index (χ4n) is 3.44. The lowest BCUT2D eigenvalue weighted by molar-refractivity contribution is -0.121. The Hall–Kier alpha value is -2.13. The molecule has 126 valence electrons. The van der Waals surface area contributed by atoms with Crippen molar-refractivity contribution in [1.29, 1.82) is 0 Å². The Morgan fingerprint density at radius 2 is 1.62 bits per heavy atom. The fraction of sp³-hybridized carbons (Fsp3) is 0.381. The maximum atomic E-state index is 11.7. The van der Waals surface area contributed by atoms with Crippen molar-refractivity contribution in [3.63, 3.8) is 0 Å². The molecule has 0 radical (unpaired) electrons. The molecular weight excluding hydrogens is 298 g/mol. The summed E-state index contributed by atoms with van der Waals surface area (Å²) in [7, 11) is 1.68. The van der Waals surface area contributed by atoms with Crippen molar-refractivity contribution >= 4 is 5.78 Å². The van der Waals surface area contributed by atoms with Crippen LogP contribution < -0.4 is 10.1 Å². The molecule has 0 bridgehead atoms. The van der Waals surface area contributed by atoms with Crippen LogP contribution in [0.3, 0.4) is 0 Å². The van der Waals surface area contributed by atoms with Crippen molar-refractivity contribution in [2.45, 2.75) is 44.2 Å². The standard InChI is InChI=1S/C21H25NO2/c1-24-20-9-7-18(8-10-20)16-22-21(13-11-19(23)12-14-21)15-17-5-3-2-4-6-17/h2-10,22H,11-16H2,1H3. The third-order valence-corrected chi connectivity index (χ3v) is 4.98. The van der Waals surface area contributed by atoms with Gasteiger partial charge in [0.15, 0.2) is 0 Å². The highest BCUT2D eigenvalue weighted by Gasteiger charge is 2.34. The Labute approximate surface area is 144 Å². The number of carbonyl (C=O) groups excluding carboxylic acids is 1. The topological polar surface area (TPSA) is 38.3 Å². The van der Waals surface area contributed by atoms with Crippen molar-refractivity contribution in [3.8, 4) is 5.75 Å². The van der Waals surface area contributed by atoms with Gasteiger partial charge in [-0.1, -0.05) is 42.5 Å². The molecule has 0 aliphatic heterocycles. The molecule has 24 heavy (non-hydrogen) atoms. The summed E-state index contributed by atoms with van der Waals surface area (Å²) in [4.78, 5) is 11.7. The summed E-state index contributed by atoms with van der Waals surface area (Å²) >= 11 is 0. The van der Waals surface area contributed by atoms with Gasteiger partial charge in [-0.15, -0.1) is 0 Å². The molecule has 3 heteroatoms. The number of methoxy groups -OCH3 is 1. The molecule has 0 atom stereocenters. The third-order valence-electron chi connectivity index (χ3n) is 4.98. The number of ether oxygens (including phenoxy) is 1. The first-order valence-corrected chi connectivity index (χ1v) is 8.63. The summed E-state index contributed by atoms with van der Waals surface area (Å²) < 4.78 is 5.22. The molecule has 0 amide bonds. The molecule has 0 saturated heterocycles. The lowest BCUT2D eigenvalue weighted by Crippen LogP contribution is -2.49. The summed E-state index contributed by atoms with van der Waals surface area (Å²) in [6.07, 6.45) is 4.16. The van der Waals surface area contributed by atoms with E-state index in [1.807, 2.05) is 18.2 Å². The maximum absolute atomic E-state index is 11.7. The number of benzene rings is 2. The van der Waals surface area contributed by atoms with Gasteiger partial charge in [0.25, 0.3) is 0 Å². The van der Waals surface area contributed by atoms with E-state index in [4.69, 9.17) is 4.74 Å². The van der Waals surface area contributed by atoms with Crippen LogP contribution in [0.5, 0.6) is 5.75 Å². The van der Waals surface area contributed by atoms with Gasteiger partial charge in [0.1, 0.15) is 11.5 Å². The van der Waals surface area contributed by atoms with E-state index in [-0.39, 0.29) is 5.54 Å². The van der Waals surface area contributed by atoms with E-state index in [9.17, 15) is 4.79 Å². The van der Waals surface area contributed by atoms with E-state index in [1.54, 1.807) is 7.11 Å². The van der Waals surface area contributed by atoms with Gasteiger partial charge in [0.2, 0.25) is 0 Å². The Bertz CT molecular complexity index is 654. The zero-order valence-corrected chi connectivity index (χ0v) is 14.3. The molecule has 1 N–H and O–H groups in total. The molecule has 2 aromatic carbocycles. The molecule has 0 aromatic heterocycles. The molecule has 0 heterocycles. The Morgan fingerprint density at radius 3 is 2.25 bits per heavy atom. The lowest BCUT2D eigenvalue weighted by atomic mass is 9.77. The first-order chi connectivity index (χ1) is 11.7. The number of carbonyl (C=O) groups is 1.